The van der Waals surface area contributed by atoms with E-state index in [1.54, 1.807) is 6.92 Å². The molecule has 0 aliphatic carbocycles. The minimum Gasteiger partial charge on any atom is -0.383 e. The summed E-state index contributed by atoms with van der Waals surface area (Å²) in [6, 6.07) is 0. The van der Waals surface area contributed by atoms with Gasteiger partial charge >= 0.3 is 17.1 Å². The molecule has 1 saturated heterocycles. The lowest BCUT2D eigenvalue weighted by Gasteiger charge is -2.13. The van der Waals surface area contributed by atoms with Crippen molar-refractivity contribution < 1.29 is 14.2 Å². The predicted molar refractivity (Wildman–Crippen MR) is 72.5 cm³/mol. The molecule has 1 aliphatic rings. The summed E-state index contributed by atoms with van der Waals surface area (Å²) in [5.74, 6) is 0. The molecule has 9 heteroatoms. The van der Waals surface area contributed by atoms with Gasteiger partial charge in [-0.2, -0.15) is 0 Å². The maximum atomic E-state index is 12.3. The number of ether oxygens (including phenoxy) is 3. The van der Waals surface area contributed by atoms with Crippen LogP contribution in [-0.4, -0.2) is 46.7 Å². The summed E-state index contributed by atoms with van der Waals surface area (Å²) in [6.45, 7) is 2.84. The van der Waals surface area contributed by atoms with Crippen molar-refractivity contribution in [3.63, 3.8) is 0 Å². The number of methoxy groups -OCH3 is 1. The van der Waals surface area contributed by atoms with E-state index in [-0.39, 0.29) is 32.5 Å². The predicted octanol–water partition coefficient (Wildman–Crippen LogP) is -1.79. The number of epoxide rings is 1. The molecule has 0 aromatic carbocycles. The van der Waals surface area contributed by atoms with Gasteiger partial charge < -0.3 is 14.2 Å². The third-order valence-corrected chi connectivity index (χ3v) is 3.12. The van der Waals surface area contributed by atoms with Crippen molar-refractivity contribution in [1.29, 1.82) is 0 Å². The smallest absolute Gasteiger partial charge is 0.338 e. The highest BCUT2D eigenvalue weighted by Gasteiger charge is 2.26. The number of hydrogen-bond donors (Lipinski definition) is 0. The number of nitrogens with zero attached hydrogens (tertiary/aromatic N) is 3. The van der Waals surface area contributed by atoms with E-state index in [0.717, 1.165) is 13.7 Å². The van der Waals surface area contributed by atoms with E-state index in [4.69, 9.17) is 14.2 Å². The second-order valence-corrected chi connectivity index (χ2v) is 4.61. The molecule has 0 bridgehead atoms. The summed E-state index contributed by atoms with van der Waals surface area (Å²) in [5, 5.41) is 0. The van der Waals surface area contributed by atoms with Crippen LogP contribution in [0.1, 0.15) is 6.92 Å². The van der Waals surface area contributed by atoms with E-state index in [1.807, 2.05) is 0 Å². The molecule has 0 radical (unpaired) electrons. The third kappa shape index (κ3) is 3.49. The highest BCUT2D eigenvalue weighted by Crippen LogP contribution is 2.08. The van der Waals surface area contributed by atoms with E-state index in [0.29, 0.717) is 13.2 Å². The molecule has 9 nitrogen and oxygen atoms in total. The molecule has 1 unspecified atom stereocenters. The van der Waals surface area contributed by atoms with Gasteiger partial charge in [-0.25, -0.2) is 28.1 Å². The van der Waals surface area contributed by atoms with Crippen molar-refractivity contribution in [2.45, 2.75) is 32.8 Å². The van der Waals surface area contributed by atoms with Crippen LogP contribution in [0.3, 0.4) is 0 Å². The summed E-state index contributed by atoms with van der Waals surface area (Å²) < 4.78 is 18.0. The van der Waals surface area contributed by atoms with Crippen LogP contribution in [0.2, 0.25) is 0 Å². The van der Waals surface area contributed by atoms with Crippen LogP contribution in [0.5, 0.6) is 0 Å². The Hall–Kier alpha value is -1.71. The molecule has 21 heavy (non-hydrogen) atoms. The molecule has 1 atom stereocenters. The average molecular weight is 301 g/mol. The van der Waals surface area contributed by atoms with Gasteiger partial charge in [-0.05, 0) is 6.92 Å². The molecule has 0 N–H and O–H groups in total. The van der Waals surface area contributed by atoms with Crippen molar-refractivity contribution in [3.8, 4) is 0 Å². The van der Waals surface area contributed by atoms with E-state index in [1.165, 1.54) is 7.11 Å². The van der Waals surface area contributed by atoms with Gasteiger partial charge in [-0.3, -0.25) is 0 Å². The molecule has 1 aromatic rings. The summed E-state index contributed by atoms with van der Waals surface area (Å²) >= 11 is 0. The van der Waals surface area contributed by atoms with Crippen molar-refractivity contribution in [2.24, 2.45) is 0 Å². The van der Waals surface area contributed by atoms with E-state index >= 15 is 0 Å². The molecule has 0 saturated carbocycles. The molecule has 118 valence electrons. The minimum atomic E-state index is -0.691. The molecular weight excluding hydrogens is 282 g/mol. The van der Waals surface area contributed by atoms with Gasteiger partial charge in [-0.1, -0.05) is 0 Å². The summed E-state index contributed by atoms with van der Waals surface area (Å²) in [4.78, 5) is 36.7. The quantitative estimate of drug-likeness (QED) is 0.526. The monoisotopic (exact) mass is 301 g/mol. The first-order valence-corrected chi connectivity index (χ1v) is 6.72. The molecule has 1 aliphatic heterocycles. The molecule has 0 spiro atoms. The van der Waals surface area contributed by atoms with Gasteiger partial charge in [0.05, 0.1) is 32.4 Å². The first-order chi connectivity index (χ1) is 10.1. The number of rotatable bonds is 8. The molecule has 0 amide bonds. The number of hydrogen-bond acceptors (Lipinski definition) is 6. The minimum absolute atomic E-state index is 0.0755. The Kier molecular flexibility index (Phi) is 5.10. The van der Waals surface area contributed by atoms with Crippen LogP contribution in [-0.2, 0) is 34.0 Å². The zero-order chi connectivity index (χ0) is 15.4. The zero-order valence-electron chi connectivity index (χ0n) is 12.1. The summed E-state index contributed by atoms with van der Waals surface area (Å²) in [5.41, 5.74) is -2.02. The Labute approximate surface area is 120 Å². The van der Waals surface area contributed by atoms with Crippen LogP contribution < -0.4 is 17.1 Å². The maximum absolute atomic E-state index is 12.3. The van der Waals surface area contributed by atoms with E-state index in [2.05, 4.69) is 0 Å². The highest BCUT2D eigenvalue weighted by molar-refractivity contribution is 4.81. The van der Waals surface area contributed by atoms with Crippen LogP contribution in [0.15, 0.2) is 14.4 Å². The van der Waals surface area contributed by atoms with Crippen molar-refractivity contribution in [1.82, 2.24) is 13.7 Å². The molecule has 1 fully saturated rings. The summed E-state index contributed by atoms with van der Waals surface area (Å²) in [7, 11) is 1.47. The maximum Gasteiger partial charge on any atom is 0.338 e. The first kappa shape index (κ1) is 15.7. The van der Waals surface area contributed by atoms with Gasteiger partial charge in [0.1, 0.15) is 6.73 Å². The van der Waals surface area contributed by atoms with Crippen LogP contribution in [0.4, 0.5) is 0 Å². The van der Waals surface area contributed by atoms with E-state index in [9.17, 15) is 14.4 Å². The topological polar surface area (TPSA) is 97.0 Å². The molecule has 2 rings (SSSR count). The van der Waals surface area contributed by atoms with Crippen LogP contribution in [0.25, 0.3) is 0 Å². The normalized spacial score (nSPS) is 17.1. The molecule has 1 aromatic heterocycles. The standard InChI is InChI=1S/C12H19N3O6/c1-3-20-8-15-11(17)13(4-5-19-2)10(16)14(12(15)18)6-9-7-21-9/h9H,3-8H2,1-2H3. The van der Waals surface area contributed by atoms with Gasteiger partial charge in [0.15, 0.2) is 0 Å². The second-order valence-electron chi connectivity index (χ2n) is 4.61. The van der Waals surface area contributed by atoms with Crippen molar-refractivity contribution >= 4 is 0 Å². The van der Waals surface area contributed by atoms with Crippen molar-refractivity contribution in [3.05, 3.63) is 31.5 Å². The Morgan fingerprint density at radius 3 is 2.33 bits per heavy atom. The highest BCUT2D eigenvalue weighted by atomic mass is 16.6. The van der Waals surface area contributed by atoms with Crippen LogP contribution in [0, 0.1) is 0 Å². The van der Waals surface area contributed by atoms with Gasteiger partial charge in [-0.15, -0.1) is 0 Å². The lowest BCUT2D eigenvalue weighted by atomic mass is 10.5. The Morgan fingerprint density at radius 1 is 1.14 bits per heavy atom. The molecule has 2 heterocycles. The summed E-state index contributed by atoms with van der Waals surface area (Å²) in [6.07, 6.45) is -0.149. The fourth-order valence-electron chi connectivity index (χ4n) is 1.88. The second kappa shape index (κ2) is 6.83. The SMILES string of the molecule is CCOCn1c(=O)n(CCOC)c(=O)n(CC2CO2)c1=O. The Bertz CT molecular complexity index is 608. The fraction of sp³-hybridized carbons (Fsp3) is 0.750. The zero-order valence-corrected chi connectivity index (χ0v) is 12.1. The average Bonchev–Trinajstić information content (AvgIpc) is 3.27. The lowest BCUT2D eigenvalue weighted by Crippen LogP contribution is -2.55. The lowest BCUT2D eigenvalue weighted by molar-refractivity contribution is 0.0766. The fourth-order valence-corrected chi connectivity index (χ4v) is 1.88. The Morgan fingerprint density at radius 2 is 1.76 bits per heavy atom. The van der Waals surface area contributed by atoms with Crippen molar-refractivity contribution in [2.75, 3.05) is 26.9 Å². The van der Waals surface area contributed by atoms with E-state index < -0.39 is 17.1 Å². The first-order valence-electron chi connectivity index (χ1n) is 6.72. The van der Waals surface area contributed by atoms with Gasteiger partial charge in [0, 0.05) is 13.7 Å². The Balaban J connectivity index is 2.49. The largest absolute Gasteiger partial charge is 0.383 e. The van der Waals surface area contributed by atoms with Gasteiger partial charge in [0.25, 0.3) is 0 Å². The van der Waals surface area contributed by atoms with Crippen LogP contribution >= 0.6 is 0 Å². The van der Waals surface area contributed by atoms with Gasteiger partial charge in [0.2, 0.25) is 0 Å². The third-order valence-electron chi connectivity index (χ3n) is 3.12. The number of aromatic nitrogens is 3. The molecular formula is C12H19N3O6.